The lowest BCUT2D eigenvalue weighted by molar-refractivity contribution is 0.0691. The average Bonchev–Trinajstić information content (AvgIpc) is 2.38. The van der Waals surface area contributed by atoms with Crippen molar-refractivity contribution in [3.8, 4) is 5.75 Å². The van der Waals surface area contributed by atoms with Crippen LogP contribution in [0.15, 0.2) is 36.4 Å². The Morgan fingerprint density at radius 1 is 1.05 bits per heavy atom. The number of benzene rings is 2. The standard InChI is InChI=1S/C14H9F3O3/c15-9-3-4-13(11(5-9)14(18)19)20-7-8-1-2-10(16)6-12(8)17/h1-6H,7H2,(H,18,19). The van der Waals surface area contributed by atoms with E-state index in [2.05, 4.69) is 0 Å². The Hall–Kier alpha value is -2.50. The number of ether oxygens (including phenoxy) is 1. The second kappa shape index (κ2) is 5.64. The first-order valence-electron chi connectivity index (χ1n) is 5.57. The van der Waals surface area contributed by atoms with Crippen molar-refractivity contribution in [1.29, 1.82) is 0 Å². The van der Waals surface area contributed by atoms with Crippen molar-refractivity contribution in [1.82, 2.24) is 0 Å². The normalized spacial score (nSPS) is 10.3. The molecule has 0 aliphatic carbocycles. The highest BCUT2D eigenvalue weighted by Crippen LogP contribution is 2.21. The van der Waals surface area contributed by atoms with Gasteiger partial charge >= 0.3 is 5.97 Å². The lowest BCUT2D eigenvalue weighted by Crippen LogP contribution is -2.05. The molecule has 2 aromatic carbocycles. The van der Waals surface area contributed by atoms with E-state index in [0.717, 1.165) is 24.3 Å². The first kappa shape index (κ1) is 13.9. The summed E-state index contributed by atoms with van der Waals surface area (Å²) in [4.78, 5) is 10.9. The fourth-order valence-corrected chi connectivity index (χ4v) is 1.59. The molecule has 0 amide bonds. The quantitative estimate of drug-likeness (QED) is 0.935. The highest BCUT2D eigenvalue weighted by Gasteiger charge is 2.13. The van der Waals surface area contributed by atoms with E-state index in [0.29, 0.717) is 6.07 Å². The molecule has 0 aliphatic rings. The summed E-state index contributed by atoms with van der Waals surface area (Å²) in [5.74, 6) is -3.70. The topological polar surface area (TPSA) is 46.5 Å². The van der Waals surface area contributed by atoms with Crippen LogP contribution >= 0.6 is 0 Å². The van der Waals surface area contributed by atoms with Crippen LogP contribution in [0.25, 0.3) is 0 Å². The number of aromatic carboxylic acids is 1. The monoisotopic (exact) mass is 282 g/mol. The van der Waals surface area contributed by atoms with Gasteiger partial charge in [-0.2, -0.15) is 0 Å². The molecule has 3 nitrogen and oxygen atoms in total. The molecule has 0 bridgehead atoms. The molecule has 0 saturated carbocycles. The molecular formula is C14H9F3O3. The molecule has 0 radical (unpaired) electrons. The molecule has 104 valence electrons. The Balaban J connectivity index is 2.20. The zero-order valence-electron chi connectivity index (χ0n) is 10.1. The lowest BCUT2D eigenvalue weighted by Gasteiger charge is -2.10. The molecule has 1 N–H and O–H groups in total. The van der Waals surface area contributed by atoms with Gasteiger partial charge in [-0.3, -0.25) is 0 Å². The number of hydrogen-bond acceptors (Lipinski definition) is 2. The van der Waals surface area contributed by atoms with Gasteiger partial charge in [0.15, 0.2) is 0 Å². The molecule has 0 fully saturated rings. The number of carboxylic acid groups (broad SMARTS) is 1. The Labute approximate surface area is 112 Å². The molecule has 0 unspecified atom stereocenters. The van der Waals surface area contributed by atoms with Crippen molar-refractivity contribution in [2.24, 2.45) is 0 Å². The molecule has 0 saturated heterocycles. The van der Waals surface area contributed by atoms with Crippen molar-refractivity contribution in [2.75, 3.05) is 0 Å². The van der Waals surface area contributed by atoms with Crippen LogP contribution in [0.5, 0.6) is 5.75 Å². The van der Waals surface area contributed by atoms with Gasteiger partial charge in [-0.1, -0.05) is 0 Å². The van der Waals surface area contributed by atoms with Crippen LogP contribution in [0, 0.1) is 17.5 Å². The van der Waals surface area contributed by atoms with Gasteiger partial charge in [0.2, 0.25) is 0 Å². The molecule has 2 rings (SSSR count). The second-order valence-electron chi connectivity index (χ2n) is 3.97. The Kier molecular flexibility index (Phi) is 3.93. The highest BCUT2D eigenvalue weighted by molar-refractivity contribution is 5.90. The fraction of sp³-hybridized carbons (Fsp3) is 0.0714. The number of rotatable bonds is 4. The van der Waals surface area contributed by atoms with Crippen molar-refractivity contribution < 1.29 is 27.8 Å². The van der Waals surface area contributed by atoms with E-state index >= 15 is 0 Å². The number of carboxylic acids is 1. The summed E-state index contributed by atoms with van der Waals surface area (Å²) in [5.41, 5.74) is -0.306. The Bertz CT molecular complexity index is 656. The van der Waals surface area contributed by atoms with Gasteiger partial charge in [-0.25, -0.2) is 18.0 Å². The summed E-state index contributed by atoms with van der Waals surface area (Å²) >= 11 is 0. The largest absolute Gasteiger partial charge is 0.488 e. The molecule has 20 heavy (non-hydrogen) atoms. The summed E-state index contributed by atoms with van der Waals surface area (Å²) in [6, 6.07) is 5.92. The maximum atomic E-state index is 13.4. The van der Waals surface area contributed by atoms with Gasteiger partial charge in [-0.15, -0.1) is 0 Å². The minimum absolute atomic E-state index is 0.0621. The van der Waals surface area contributed by atoms with E-state index in [-0.39, 0.29) is 23.5 Å². The van der Waals surface area contributed by atoms with Gasteiger partial charge < -0.3 is 9.84 Å². The smallest absolute Gasteiger partial charge is 0.339 e. The molecule has 0 aromatic heterocycles. The average molecular weight is 282 g/mol. The van der Waals surface area contributed by atoms with Crippen molar-refractivity contribution >= 4 is 5.97 Å². The Morgan fingerprint density at radius 3 is 2.35 bits per heavy atom. The zero-order valence-corrected chi connectivity index (χ0v) is 10.1. The third-order valence-corrected chi connectivity index (χ3v) is 2.57. The lowest BCUT2D eigenvalue weighted by atomic mass is 10.2. The van der Waals surface area contributed by atoms with E-state index in [9.17, 15) is 18.0 Å². The van der Waals surface area contributed by atoms with Crippen LogP contribution in [-0.4, -0.2) is 11.1 Å². The molecular weight excluding hydrogens is 273 g/mol. The van der Waals surface area contributed by atoms with Crippen LogP contribution in [0.3, 0.4) is 0 Å². The fourth-order valence-electron chi connectivity index (χ4n) is 1.59. The summed E-state index contributed by atoms with van der Waals surface area (Å²) in [5, 5.41) is 8.91. The van der Waals surface area contributed by atoms with Gasteiger partial charge in [0, 0.05) is 11.6 Å². The van der Waals surface area contributed by atoms with Crippen LogP contribution in [0.4, 0.5) is 13.2 Å². The van der Waals surface area contributed by atoms with Gasteiger partial charge in [-0.05, 0) is 30.3 Å². The van der Waals surface area contributed by atoms with E-state index < -0.39 is 23.4 Å². The molecule has 0 aliphatic heterocycles. The SMILES string of the molecule is O=C(O)c1cc(F)ccc1OCc1ccc(F)cc1F. The molecule has 6 heteroatoms. The number of hydrogen-bond donors (Lipinski definition) is 1. The molecule has 0 atom stereocenters. The van der Waals surface area contributed by atoms with E-state index in [1.165, 1.54) is 6.07 Å². The van der Waals surface area contributed by atoms with Gasteiger partial charge in [0.05, 0.1) is 0 Å². The zero-order chi connectivity index (χ0) is 14.7. The molecule has 2 aromatic rings. The maximum absolute atomic E-state index is 13.4. The summed E-state index contributed by atoms with van der Waals surface area (Å²) in [6.07, 6.45) is 0. The third kappa shape index (κ3) is 3.09. The first-order valence-corrected chi connectivity index (χ1v) is 5.57. The van der Waals surface area contributed by atoms with Gasteiger partial charge in [0.1, 0.15) is 35.4 Å². The first-order chi connectivity index (χ1) is 9.47. The van der Waals surface area contributed by atoms with E-state index in [4.69, 9.17) is 9.84 Å². The molecule has 0 heterocycles. The van der Waals surface area contributed by atoms with Crippen molar-refractivity contribution in [3.63, 3.8) is 0 Å². The maximum Gasteiger partial charge on any atom is 0.339 e. The van der Waals surface area contributed by atoms with Crippen LogP contribution in [0.1, 0.15) is 15.9 Å². The second-order valence-corrected chi connectivity index (χ2v) is 3.97. The van der Waals surface area contributed by atoms with Crippen molar-refractivity contribution in [2.45, 2.75) is 6.61 Å². The van der Waals surface area contributed by atoms with Crippen molar-refractivity contribution in [3.05, 3.63) is 65.0 Å². The molecule has 0 spiro atoms. The highest BCUT2D eigenvalue weighted by atomic mass is 19.1. The van der Waals surface area contributed by atoms with E-state index in [1.54, 1.807) is 0 Å². The van der Waals surface area contributed by atoms with Crippen LogP contribution in [0.2, 0.25) is 0 Å². The third-order valence-electron chi connectivity index (χ3n) is 2.57. The number of halogens is 3. The van der Waals surface area contributed by atoms with Crippen LogP contribution < -0.4 is 4.74 Å². The van der Waals surface area contributed by atoms with Gasteiger partial charge in [0.25, 0.3) is 0 Å². The summed E-state index contributed by atoms with van der Waals surface area (Å²) < 4.78 is 44.2. The summed E-state index contributed by atoms with van der Waals surface area (Å²) in [6.45, 7) is -0.294. The Morgan fingerprint density at radius 2 is 1.70 bits per heavy atom. The minimum Gasteiger partial charge on any atom is -0.488 e. The van der Waals surface area contributed by atoms with Crippen LogP contribution in [-0.2, 0) is 6.61 Å². The summed E-state index contributed by atoms with van der Waals surface area (Å²) in [7, 11) is 0. The minimum atomic E-state index is -1.36. The number of carbonyl (C=O) groups is 1. The predicted octanol–water partition coefficient (Wildman–Crippen LogP) is 3.38. The predicted molar refractivity (Wildman–Crippen MR) is 64.0 cm³/mol. The van der Waals surface area contributed by atoms with E-state index in [1.807, 2.05) is 0 Å².